The number of nitrogens with two attached hydrogens (primary N) is 1. The SMILES string of the molecule is CC(C)n1nc(N)nc1-c1cn2c(n1)-c1ccccc1OCC2. The molecule has 0 radical (unpaired) electrons. The van der Waals surface area contributed by atoms with Gasteiger partial charge >= 0.3 is 0 Å². The van der Waals surface area contributed by atoms with Gasteiger partial charge in [0.2, 0.25) is 5.95 Å². The molecule has 0 bridgehead atoms. The lowest BCUT2D eigenvalue weighted by Crippen LogP contribution is -2.06. The summed E-state index contributed by atoms with van der Waals surface area (Å²) in [6, 6.07) is 8.10. The molecule has 0 atom stereocenters. The predicted octanol–water partition coefficient (Wildman–Crippen LogP) is 2.36. The van der Waals surface area contributed by atoms with Crippen molar-refractivity contribution in [1.82, 2.24) is 24.3 Å². The zero-order chi connectivity index (χ0) is 16.0. The van der Waals surface area contributed by atoms with E-state index >= 15 is 0 Å². The Hall–Kier alpha value is -2.83. The minimum Gasteiger partial charge on any atom is -0.491 e. The van der Waals surface area contributed by atoms with Crippen LogP contribution in [0, 0.1) is 0 Å². The van der Waals surface area contributed by atoms with Gasteiger partial charge < -0.3 is 15.0 Å². The average molecular weight is 310 g/mol. The number of hydrogen-bond donors (Lipinski definition) is 1. The molecule has 1 aromatic carbocycles. The summed E-state index contributed by atoms with van der Waals surface area (Å²) < 4.78 is 9.69. The van der Waals surface area contributed by atoms with Crippen molar-refractivity contribution in [3.8, 4) is 28.7 Å². The Morgan fingerprint density at radius 1 is 1.17 bits per heavy atom. The molecule has 0 amide bonds. The molecule has 0 saturated heterocycles. The topological polar surface area (TPSA) is 83.8 Å². The van der Waals surface area contributed by atoms with E-state index in [1.807, 2.05) is 44.3 Å². The monoisotopic (exact) mass is 310 g/mol. The zero-order valence-electron chi connectivity index (χ0n) is 13.1. The molecule has 2 N–H and O–H groups in total. The molecule has 0 unspecified atom stereocenters. The van der Waals surface area contributed by atoms with Crippen molar-refractivity contribution < 1.29 is 4.74 Å². The maximum Gasteiger partial charge on any atom is 0.240 e. The number of hydrogen-bond acceptors (Lipinski definition) is 5. The standard InChI is InChI=1S/C16H18N6O/c1-10(2)22-15(19-16(17)20-22)12-9-21-7-8-23-13-6-4-3-5-11(13)14(21)18-12/h3-6,9-10H,7-8H2,1-2H3,(H2,17,20). The Balaban J connectivity index is 1.87. The lowest BCUT2D eigenvalue weighted by Gasteiger charge is -2.07. The van der Waals surface area contributed by atoms with E-state index in [1.54, 1.807) is 4.68 Å². The number of anilines is 1. The molecule has 0 fully saturated rings. The first-order valence-electron chi connectivity index (χ1n) is 7.65. The van der Waals surface area contributed by atoms with Crippen LogP contribution in [0.15, 0.2) is 30.5 Å². The summed E-state index contributed by atoms with van der Waals surface area (Å²) in [5.41, 5.74) is 7.54. The minimum atomic E-state index is 0.159. The molecule has 7 heteroatoms. The number of imidazole rings is 1. The maximum atomic E-state index is 5.79. The maximum absolute atomic E-state index is 5.79. The first-order valence-corrected chi connectivity index (χ1v) is 7.65. The third-order valence-electron chi connectivity index (χ3n) is 3.86. The highest BCUT2D eigenvalue weighted by molar-refractivity contribution is 5.68. The second kappa shape index (κ2) is 5.12. The van der Waals surface area contributed by atoms with E-state index in [0.29, 0.717) is 12.4 Å². The molecule has 7 nitrogen and oxygen atoms in total. The molecule has 118 valence electrons. The molecule has 0 saturated carbocycles. The van der Waals surface area contributed by atoms with E-state index in [1.165, 1.54) is 0 Å². The Bertz CT molecular complexity index is 863. The molecule has 1 aliphatic heterocycles. The number of aromatic nitrogens is 5. The smallest absolute Gasteiger partial charge is 0.240 e. The summed E-state index contributed by atoms with van der Waals surface area (Å²) >= 11 is 0. The third-order valence-corrected chi connectivity index (χ3v) is 3.86. The van der Waals surface area contributed by atoms with Gasteiger partial charge in [-0.25, -0.2) is 9.67 Å². The lowest BCUT2D eigenvalue weighted by atomic mass is 10.2. The molecule has 3 heterocycles. The van der Waals surface area contributed by atoms with Gasteiger partial charge in [-0.3, -0.25) is 0 Å². The molecule has 1 aliphatic rings. The predicted molar refractivity (Wildman–Crippen MR) is 87.0 cm³/mol. The van der Waals surface area contributed by atoms with Crippen molar-refractivity contribution in [3.63, 3.8) is 0 Å². The molecular weight excluding hydrogens is 292 g/mol. The van der Waals surface area contributed by atoms with Crippen LogP contribution >= 0.6 is 0 Å². The van der Waals surface area contributed by atoms with Gasteiger partial charge in [0.15, 0.2) is 5.82 Å². The Morgan fingerprint density at radius 2 is 2.00 bits per heavy atom. The largest absolute Gasteiger partial charge is 0.491 e. The van der Waals surface area contributed by atoms with Crippen LogP contribution in [0.3, 0.4) is 0 Å². The third kappa shape index (κ3) is 2.25. The van der Waals surface area contributed by atoms with Crippen molar-refractivity contribution >= 4 is 5.95 Å². The van der Waals surface area contributed by atoms with Crippen LogP contribution in [0.25, 0.3) is 22.9 Å². The van der Waals surface area contributed by atoms with Crippen LogP contribution in [-0.4, -0.2) is 30.9 Å². The first-order chi connectivity index (χ1) is 11.1. The molecular formula is C16H18N6O. The molecule has 0 aliphatic carbocycles. The van der Waals surface area contributed by atoms with E-state index in [-0.39, 0.29) is 12.0 Å². The van der Waals surface area contributed by atoms with Crippen LogP contribution in [-0.2, 0) is 6.54 Å². The number of nitrogens with zero attached hydrogens (tertiary/aromatic N) is 5. The molecule has 4 rings (SSSR count). The fourth-order valence-corrected chi connectivity index (χ4v) is 2.81. The number of para-hydroxylation sites is 1. The van der Waals surface area contributed by atoms with E-state index < -0.39 is 0 Å². The van der Waals surface area contributed by atoms with Crippen LogP contribution in [0.4, 0.5) is 5.95 Å². The van der Waals surface area contributed by atoms with Crippen LogP contribution < -0.4 is 10.5 Å². The Morgan fingerprint density at radius 3 is 2.83 bits per heavy atom. The van der Waals surface area contributed by atoms with Crippen molar-refractivity contribution in [3.05, 3.63) is 30.5 Å². The summed E-state index contributed by atoms with van der Waals surface area (Å²) in [4.78, 5) is 9.13. The molecule has 23 heavy (non-hydrogen) atoms. The highest BCUT2D eigenvalue weighted by Gasteiger charge is 2.21. The summed E-state index contributed by atoms with van der Waals surface area (Å²) in [6.07, 6.45) is 1.99. The van der Waals surface area contributed by atoms with Gasteiger partial charge in [-0.15, -0.1) is 5.10 Å². The second-order valence-corrected chi connectivity index (χ2v) is 5.82. The van der Waals surface area contributed by atoms with E-state index in [2.05, 4.69) is 14.6 Å². The highest BCUT2D eigenvalue weighted by atomic mass is 16.5. The molecule has 0 spiro atoms. The number of rotatable bonds is 2. The fraction of sp³-hybridized carbons (Fsp3) is 0.312. The number of fused-ring (bicyclic) bond motifs is 3. The van der Waals surface area contributed by atoms with E-state index in [0.717, 1.165) is 29.4 Å². The Kier molecular flexibility index (Phi) is 3.07. The van der Waals surface area contributed by atoms with Gasteiger partial charge in [0.05, 0.1) is 12.1 Å². The Labute approximate surface area is 133 Å². The quantitative estimate of drug-likeness (QED) is 0.785. The lowest BCUT2D eigenvalue weighted by molar-refractivity contribution is 0.306. The van der Waals surface area contributed by atoms with Crippen molar-refractivity contribution in [2.75, 3.05) is 12.3 Å². The van der Waals surface area contributed by atoms with Gasteiger partial charge in [-0.2, -0.15) is 4.98 Å². The summed E-state index contributed by atoms with van der Waals surface area (Å²) in [5.74, 6) is 2.69. The number of nitrogen functional groups attached to an aromatic ring is 1. The van der Waals surface area contributed by atoms with Crippen molar-refractivity contribution in [1.29, 1.82) is 0 Å². The normalized spacial score (nSPS) is 13.3. The van der Waals surface area contributed by atoms with Gasteiger partial charge in [0, 0.05) is 12.2 Å². The highest BCUT2D eigenvalue weighted by Crippen LogP contribution is 2.33. The van der Waals surface area contributed by atoms with Gasteiger partial charge in [0.1, 0.15) is 23.9 Å². The fourth-order valence-electron chi connectivity index (χ4n) is 2.81. The summed E-state index contributed by atoms with van der Waals surface area (Å²) in [7, 11) is 0. The molecule has 2 aromatic heterocycles. The zero-order valence-corrected chi connectivity index (χ0v) is 13.1. The average Bonchev–Trinajstić information content (AvgIpc) is 3.08. The van der Waals surface area contributed by atoms with Gasteiger partial charge in [-0.05, 0) is 26.0 Å². The van der Waals surface area contributed by atoms with E-state index in [4.69, 9.17) is 15.5 Å². The minimum absolute atomic E-state index is 0.159. The summed E-state index contributed by atoms with van der Waals surface area (Å²) in [5, 5.41) is 4.26. The second-order valence-electron chi connectivity index (χ2n) is 5.82. The van der Waals surface area contributed by atoms with E-state index in [9.17, 15) is 0 Å². The van der Waals surface area contributed by atoms with Crippen molar-refractivity contribution in [2.45, 2.75) is 26.4 Å². The van der Waals surface area contributed by atoms with Crippen LogP contribution in [0.1, 0.15) is 19.9 Å². The van der Waals surface area contributed by atoms with Crippen LogP contribution in [0.2, 0.25) is 0 Å². The number of ether oxygens (including phenoxy) is 1. The first kappa shape index (κ1) is 13.8. The van der Waals surface area contributed by atoms with Crippen LogP contribution in [0.5, 0.6) is 5.75 Å². The van der Waals surface area contributed by atoms with Crippen molar-refractivity contribution in [2.24, 2.45) is 0 Å². The summed E-state index contributed by atoms with van der Waals surface area (Å²) in [6.45, 7) is 5.44. The van der Waals surface area contributed by atoms with Gasteiger partial charge in [0.25, 0.3) is 0 Å². The molecule has 3 aromatic rings. The number of benzene rings is 1. The van der Waals surface area contributed by atoms with Gasteiger partial charge in [-0.1, -0.05) is 12.1 Å².